The van der Waals surface area contributed by atoms with Crippen molar-refractivity contribution in [2.45, 2.75) is 37.6 Å². The van der Waals surface area contributed by atoms with Crippen LogP contribution in [0.4, 0.5) is 4.79 Å². The fourth-order valence-electron chi connectivity index (χ4n) is 3.19. The maximum Gasteiger partial charge on any atom is 0.407 e. The molecule has 0 spiro atoms. The van der Waals surface area contributed by atoms with E-state index in [2.05, 4.69) is 15.0 Å². The average molecular weight is 426 g/mol. The molecule has 31 heavy (non-hydrogen) atoms. The first-order chi connectivity index (χ1) is 15.1. The van der Waals surface area contributed by atoms with Crippen LogP contribution in [0.2, 0.25) is 0 Å². The van der Waals surface area contributed by atoms with Crippen LogP contribution in [0.15, 0.2) is 65.7 Å². The van der Waals surface area contributed by atoms with Crippen molar-refractivity contribution in [3.05, 3.63) is 71.8 Å². The van der Waals surface area contributed by atoms with Crippen LogP contribution in [0.1, 0.15) is 30.0 Å². The van der Waals surface area contributed by atoms with Gasteiger partial charge >= 0.3 is 12.1 Å². The third kappa shape index (κ3) is 6.55. The smallest absolute Gasteiger partial charge is 0.407 e. The second kappa shape index (κ2) is 11.1. The van der Waals surface area contributed by atoms with E-state index < -0.39 is 24.2 Å². The SMILES string of the molecule is COC(=O)C1COC(C(O)CCC(NC(=O)OCc2ccccc2)c2ccccc2)=N1. The molecule has 2 N–H and O–H groups in total. The number of aliphatic imine (C=N–C) groups is 1. The number of ether oxygens (including phenoxy) is 3. The predicted octanol–water partition coefficient (Wildman–Crippen LogP) is 2.77. The zero-order valence-electron chi connectivity index (χ0n) is 17.3. The Morgan fingerprint density at radius 3 is 2.48 bits per heavy atom. The highest BCUT2D eigenvalue weighted by Gasteiger charge is 2.30. The van der Waals surface area contributed by atoms with E-state index in [9.17, 15) is 14.7 Å². The second-order valence-corrected chi connectivity index (χ2v) is 7.08. The Morgan fingerprint density at radius 2 is 1.81 bits per heavy atom. The van der Waals surface area contributed by atoms with Crippen LogP contribution in [-0.2, 0) is 25.6 Å². The summed E-state index contributed by atoms with van der Waals surface area (Å²) in [5.41, 5.74) is 1.77. The first kappa shape index (κ1) is 22.3. The molecule has 0 saturated heterocycles. The normalized spacial score (nSPS) is 17.1. The Hall–Kier alpha value is -3.39. The topological polar surface area (TPSA) is 106 Å². The molecule has 0 aromatic heterocycles. The molecular weight excluding hydrogens is 400 g/mol. The van der Waals surface area contributed by atoms with Gasteiger partial charge in [-0.1, -0.05) is 60.7 Å². The molecule has 3 atom stereocenters. The van der Waals surface area contributed by atoms with Crippen molar-refractivity contribution < 1.29 is 28.9 Å². The van der Waals surface area contributed by atoms with E-state index in [4.69, 9.17) is 9.47 Å². The highest BCUT2D eigenvalue weighted by atomic mass is 16.5. The number of carbonyl (C=O) groups excluding carboxylic acids is 2. The number of benzene rings is 2. The molecule has 0 radical (unpaired) electrons. The zero-order valence-corrected chi connectivity index (χ0v) is 17.3. The molecule has 3 rings (SSSR count). The number of carbonyl (C=O) groups is 2. The van der Waals surface area contributed by atoms with Crippen LogP contribution in [-0.4, -0.2) is 48.9 Å². The molecule has 1 aliphatic rings. The van der Waals surface area contributed by atoms with Gasteiger partial charge in [-0.2, -0.15) is 0 Å². The lowest BCUT2D eigenvalue weighted by atomic mass is 10.00. The van der Waals surface area contributed by atoms with Gasteiger partial charge < -0.3 is 24.6 Å². The molecule has 0 saturated carbocycles. The molecule has 1 amide bonds. The number of aliphatic hydroxyl groups excluding tert-OH is 1. The maximum absolute atomic E-state index is 12.4. The number of esters is 1. The van der Waals surface area contributed by atoms with E-state index in [1.807, 2.05) is 60.7 Å². The summed E-state index contributed by atoms with van der Waals surface area (Å²) >= 11 is 0. The first-order valence-electron chi connectivity index (χ1n) is 10.1. The summed E-state index contributed by atoms with van der Waals surface area (Å²) < 4.78 is 15.3. The van der Waals surface area contributed by atoms with Crippen LogP contribution in [0, 0.1) is 0 Å². The molecule has 2 aromatic carbocycles. The van der Waals surface area contributed by atoms with Crippen molar-refractivity contribution >= 4 is 18.0 Å². The van der Waals surface area contributed by atoms with Crippen LogP contribution in [0.5, 0.6) is 0 Å². The number of amides is 1. The van der Waals surface area contributed by atoms with E-state index in [0.717, 1.165) is 11.1 Å². The third-order valence-corrected chi connectivity index (χ3v) is 4.87. The minimum Gasteiger partial charge on any atom is -0.476 e. The standard InChI is InChI=1S/C23H26N2O6/c1-29-22(27)19-15-30-21(24-19)20(26)13-12-18(17-10-6-3-7-11-17)25-23(28)31-14-16-8-4-2-5-9-16/h2-11,18-20,26H,12-15H2,1H3,(H,25,28). The molecule has 8 heteroatoms. The quantitative estimate of drug-likeness (QED) is 0.597. The Morgan fingerprint density at radius 1 is 1.13 bits per heavy atom. The van der Waals surface area contributed by atoms with Crippen molar-refractivity contribution in [3.8, 4) is 0 Å². The van der Waals surface area contributed by atoms with Gasteiger partial charge in [0, 0.05) is 0 Å². The summed E-state index contributed by atoms with van der Waals surface area (Å²) in [6, 6.07) is 17.7. The van der Waals surface area contributed by atoms with Gasteiger partial charge in [-0.15, -0.1) is 0 Å². The van der Waals surface area contributed by atoms with Gasteiger partial charge in [0.15, 0.2) is 6.04 Å². The number of methoxy groups -OCH3 is 1. The molecule has 8 nitrogen and oxygen atoms in total. The highest BCUT2D eigenvalue weighted by Crippen LogP contribution is 2.21. The number of hydrogen-bond donors (Lipinski definition) is 2. The third-order valence-electron chi connectivity index (χ3n) is 4.87. The number of aliphatic hydroxyl groups is 1. The van der Waals surface area contributed by atoms with Crippen LogP contribution in [0.25, 0.3) is 0 Å². The van der Waals surface area contributed by atoms with Crippen LogP contribution < -0.4 is 5.32 Å². The summed E-state index contributed by atoms with van der Waals surface area (Å²) in [7, 11) is 1.28. The Labute approximate surface area is 180 Å². The van der Waals surface area contributed by atoms with Gasteiger partial charge in [0.2, 0.25) is 5.90 Å². The second-order valence-electron chi connectivity index (χ2n) is 7.08. The summed E-state index contributed by atoms with van der Waals surface area (Å²) in [5.74, 6) is -0.402. The largest absolute Gasteiger partial charge is 0.476 e. The van der Waals surface area contributed by atoms with E-state index >= 15 is 0 Å². The lowest BCUT2D eigenvalue weighted by Crippen LogP contribution is -2.31. The van der Waals surface area contributed by atoms with Gasteiger partial charge in [-0.05, 0) is 24.0 Å². The number of rotatable bonds is 9. The number of nitrogens with one attached hydrogen (secondary N) is 1. The average Bonchev–Trinajstić information content (AvgIpc) is 3.31. The van der Waals surface area contributed by atoms with E-state index in [0.29, 0.717) is 6.42 Å². The molecule has 1 aliphatic heterocycles. The van der Waals surface area contributed by atoms with E-state index in [1.165, 1.54) is 7.11 Å². The molecular formula is C23H26N2O6. The van der Waals surface area contributed by atoms with E-state index in [-0.39, 0.29) is 31.6 Å². The summed E-state index contributed by atoms with van der Waals surface area (Å²) in [5, 5.41) is 13.3. The van der Waals surface area contributed by atoms with Crippen molar-refractivity contribution in [2.75, 3.05) is 13.7 Å². The number of hydrogen-bond acceptors (Lipinski definition) is 7. The fraction of sp³-hybridized carbons (Fsp3) is 0.348. The Kier molecular flexibility index (Phi) is 8.00. The number of nitrogens with zero attached hydrogens (tertiary/aromatic N) is 1. The molecule has 0 fully saturated rings. The summed E-state index contributed by atoms with van der Waals surface area (Å²) in [6.07, 6.45) is -0.863. The fourth-order valence-corrected chi connectivity index (χ4v) is 3.19. The molecule has 3 unspecified atom stereocenters. The van der Waals surface area contributed by atoms with Gasteiger partial charge in [0.25, 0.3) is 0 Å². The van der Waals surface area contributed by atoms with Crippen molar-refractivity contribution in [1.82, 2.24) is 5.32 Å². The van der Waals surface area contributed by atoms with E-state index in [1.54, 1.807) is 0 Å². The number of alkyl carbamates (subject to hydrolysis) is 1. The molecule has 2 aromatic rings. The monoisotopic (exact) mass is 426 g/mol. The van der Waals surface area contributed by atoms with Crippen LogP contribution in [0.3, 0.4) is 0 Å². The van der Waals surface area contributed by atoms with Gasteiger partial charge in [-0.25, -0.2) is 14.6 Å². The Balaban J connectivity index is 1.58. The lowest BCUT2D eigenvalue weighted by molar-refractivity contribution is -0.142. The van der Waals surface area contributed by atoms with Crippen molar-refractivity contribution in [3.63, 3.8) is 0 Å². The highest BCUT2D eigenvalue weighted by molar-refractivity contribution is 5.87. The molecule has 1 heterocycles. The van der Waals surface area contributed by atoms with Gasteiger partial charge in [0.05, 0.1) is 13.2 Å². The Bertz CT molecular complexity index is 887. The minimum absolute atomic E-state index is 0.0469. The van der Waals surface area contributed by atoms with Crippen molar-refractivity contribution in [2.24, 2.45) is 4.99 Å². The van der Waals surface area contributed by atoms with Gasteiger partial charge in [0.1, 0.15) is 19.3 Å². The van der Waals surface area contributed by atoms with Crippen molar-refractivity contribution in [1.29, 1.82) is 0 Å². The predicted molar refractivity (Wildman–Crippen MR) is 113 cm³/mol. The molecule has 0 aliphatic carbocycles. The van der Waals surface area contributed by atoms with Crippen LogP contribution >= 0.6 is 0 Å². The molecule has 0 bridgehead atoms. The zero-order chi connectivity index (χ0) is 22.1. The first-order valence-corrected chi connectivity index (χ1v) is 10.1. The van der Waals surface area contributed by atoms with Gasteiger partial charge in [-0.3, -0.25) is 0 Å². The summed E-state index contributed by atoms with van der Waals surface area (Å²) in [6.45, 7) is 0.210. The lowest BCUT2D eigenvalue weighted by Gasteiger charge is -2.20. The minimum atomic E-state index is -0.997. The molecule has 164 valence electrons. The summed E-state index contributed by atoms with van der Waals surface area (Å²) in [4.78, 5) is 28.0. The maximum atomic E-state index is 12.4.